The standard InChI is InChI=1S/C18H14ClN3O2/c19-15-9-12(5-6-16(15)22-8-7-20-11-22)21-18(23)14-10-24-17-4-2-1-3-13(14)17/h1-9,11,14H,10H2,(H,21,23). The molecule has 1 aliphatic rings. The molecule has 1 N–H and O–H groups in total. The van der Waals surface area contributed by atoms with Gasteiger partial charge >= 0.3 is 0 Å². The summed E-state index contributed by atoms with van der Waals surface area (Å²) in [5.74, 6) is 0.353. The number of amides is 1. The second kappa shape index (κ2) is 6.02. The van der Waals surface area contributed by atoms with Crippen LogP contribution in [0, 0.1) is 0 Å². The molecule has 0 fully saturated rings. The first kappa shape index (κ1) is 14.8. The zero-order valence-corrected chi connectivity index (χ0v) is 13.4. The van der Waals surface area contributed by atoms with Crippen molar-refractivity contribution in [3.8, 4) is 11.4 Å². The molecular formula is C18H14ClN3O2. The average Bonchev–Trinajstić information content (AvgIpc) is 3.24. The number of hydrogen-bond donors (Lipinski definition) is 1. The highest BCUT2D eigenvalue weighted by Gasteiger charge is 2.30. The summed E-state index contributed by atoms with van der Waals surface area (Å²) in [5.41, 5.74) is 2.37. The number of nitrogens with one attached hydrogen (secondary N) is 1. The molecule has 1 atom stereocenters. The van der Waals surface area contributed by atoms with E-state index in [9.17, 15) is 4.79 Å². The van der Waals surface area contributed by atoms with Gasteiger partial charge in [-0.2, -0.15) is 0 Å². The van der Waals surface area contributed by atoms with Gasteiger partial charge in [0.15, 0.2) is 0 Å². The van der Waals surface area contributed by atoms with Gasteiger partial charge in [0.1, 0.15) is 18.3 Å². The van der Waals surface area contributed by atoms with Crippen LogP contribution in [0.15, 0.2) is 61.2 Å². The fourth-order valence-electron chi connectivity index (χ4n) is 2.80. The average molecular weight is 340 g/mol. The monoisotopic (exact) mass is 339 g/mol. The number of ether oxygens (including phenoxy) is 1. The Hall–Kier alpha value is -2.79. The van der Waals surface area contributed by atoms with Crippen molar-refractivity contribution in [3.63, 3.8) is 0 Å². The van der Waals surface area contributed by atoms with E-state index in [1.54, 1.807) is 18.6 Å². The zero-order valence-electron chi connectivity index (χ0n) is 12.6. The number of halogens is 1. The zero-order chi connectivity index (χ0) is 16.5. The van der Waals surface area contributed by atoms with Crippen molar-refractivity contribution in [3.05, 3.63) is 71.8 Å². The lowest BCUT2D eigenvalue weighted by molar-refractivity contribution is -0.117. The van der Waals surface area contributed by atoms with E-state index < -0.39 is 0 Å². The summed E-state index contributed by atoms with van der Waals surface area (Å²) in [6, 6.07) is 13.0. The van der Waals surface area contributed by atoms with Crippen molar-refractivity contribution >= 4 is 23.2 Å². The van der Waals surface area contributed by atoms with Gasteiger partial charge in [-0.15, -0.1) is 0 Å². The van der Waals surface area contributed by atoms with Crippen LogP contribution in [0.3, 0.4) is 0 Å². The molecule has 1 aliphatic heterocycles. The van der Waals surface area contributed by atoms with Gasteiger partial charge in [-0.05, 0) is 24.3 Å². The number of carbonyl (C=O) groups excluding carboxylic acids is 1. The molecule has 0 spiro atoms. The number of rotatable bonds is 3. The molecule has 0 radical (unpaired) electrons. The molecular weight excluding hydrogens is 326 g/mol. The normalized spacial score (nSPS) is 15.6. The van der Waals surface area contributed by atoms with Crippen LogP contribution >= 0.6 is 11.6 Å². The fourth-order valence-corrected chi connectivity index (χ4v) is 3.08. The second-order valence-corrected chi connectivity index (χ2v) is 5.93. The van der Waals surface area contributed by atoms with Gasteiger partial charge in [0.25, 0.3) is 0 Å². The first-order chi connectivity index (χ1) is 11.7. The predicted molar refractivity (Wildman–Crippen MR) is 91.9 cm³/mol. The van der Waals surface area contributed by atoms with E-state index in [0.29, 0.717) is 17.3 Å². The Labute approximate surface area is 143 Å². The molecule has 0 bridgehead atoms. The number of aromatic nitrogens is 2. The van der Waals surface area contributed by atoms with E-state index in [1.165, 1.54) is 0 Å². The molecule has 4 rings (SSSR count). The first-order valence-electron chi connectivity index (χ1n) is 7.53. The number of fused-ring (bicyclic) bond motifs is 1. The third-order valence-corrected chi connectivity index (χ3v) is 4.32. The lowest BCUT2D eigenvalue weighted by atomic mass is 10.0. The Balaban J connectivity index is 1.54. The van der Waals surface area contributed by atoms with Crippen molar-refractivity contribution in [2.24, 2.45) is 0 Å². The van der Waals surface area contributed by atoms with E-state index in [1.807, 2.05) is 47.2 Å². The third-order valence-electron chi connectivity index (χ3n) is 4.01. The maximum absolute atomic E-state index is 12.6. The van der Waals surface area contributed by atoms with Gasteiger partial charge in [-0.25, -0.2) is 4.98 Å². The fraction of sp³-hybridized carbons (Fsp3) is 0.111. The van der Waals surface area contributed by atoms with Crippen LogP contribution in [0.4, 0.5) is 5.69 Å². The van der Waals surface area contributed by atoms with Gasteiger partial charge in [0.2, 0.25) is 5.91 Å². The Bertz CT molecular complexity index is 893. The van der Waals surface area contributed by atoms with Crippen LogP contribution in [-0.4, -0.2) is 22.1 Å². The summed E-state index contributed by atoms with van der Waals surface area (Å²) in [5, 5.41) is 3.45. The summed E-state index contributed by atoms with van der Waals surface area (Å²) < 4.78 is 7.38. The topological polar surface area (TPSA) is 56.2 Å². The van der Waals surface area contributed by atoms with Crippen LogP contribution in [0.5, 0.6) is 5.75 Å². The molecule has 5 nitrogen and oxygen atoms in total. The summed E-state index contributed by atoms with van der Waals surface area (Å²) in [7, 11) is 0. The smallest absolute Gasteiger partial charge is 0.235 e. The van der Waals surface area contributed by atoms with Crippen molar-refractivity contribution in [2.75, 3.05) is 11.9 Å². The molecule has 2 aromatic carbocycles. The minimum absolute atomic E-state index is 0.105. The largest absolute Gasteiger partial charge is 0.492 e. The highest BCUT2D eigenvalue weighted by molar-refractivity contribution is 6.32. The molecule has 6 heteroatoms. The number of para-hydroxylation sites is 1. The number of nitrogens with zero attached hydrogens (tertiary/aromatic N) is 2. The van der Waals surface area contributed by atoms with Crippen LogP contribution < -0.4 is 10.1 Å². The molecule has 3 aromatic rings. The van der Waals surface area contributed by atoms with E-state index in [0.717, 1.165) is 17.0 Å². The molecule has 120 valence electrons. The van der Waals surface area contributed by atoms with Crippen molar-refractivity contribution < 1.29 is 9.53 Å². The lowest BCUT2D eigenvalue weighted by Crippen LogP contribution is -2.22. The Morgan fingerprint density at radius 2 is 2.17 bits per heavy atom. The quantitative estimate of drug-likeness (QED) is 0.792. The molecule has 1 unspecified atom stereocenters. The van der Waals surface area contributed by atoms with Gasteiger partial charge < -0.3 is 14.6 Å². The van der Waals surface area contributed by atoms with E-state index in [4.69, 9.17) is 16.3 Å². The minimum Gasteiger partial charge on any atom is -0.492 e. The summed E-state index contributed by atoms with van der Waals surface area (Å²) >= 11 is 6.32. The van der Waals surface area contributed by atoms with Gasteiger partial charge in [-0.3, -0.25) is 4.79 Å². The molecule has 24 heavy (non-hydrogen) atoms. The van der Waals surface area contributed by atoms with Gasteiger partial charge in [-0.1, -0.05) is 29.8 Å². The predicted octanol–water partition coefficient (Wildman–Crippen LogP) is 3.64. The van der Waals surface area contributed by atoms with Gasteiger partial charge in [0.05, 0.1) is 17.0 Å². The lowest BCUT2D eigenvalue weighted by Gasteiger charge is -2.12. The second-order valence-electron chi connectivity index (χ2n) is 5.53. The molecule has 1 amide bonds. The van der Waals surface area contributed by atoms with E-state index >= 15 is 0 Å². The SMILES string of the molecule is O=C(Nc1ccc(-n2ccnc2)c(Cl)c1)C1COc2ccccc21. The number of anilines is 1. The summed E-state index contributed by atoms with van der Waals surface area (Å²) in [6.07, 6.45) is 5.17. The molecule has 2 heterocycles. The molecule has 0 aliphatic carbocycles. The first-order valence-corrected chi connectivity index (χ1v) is 7.90. The Kier molecular flexibility index (Phi) is 3.70. The van der Waals surface area contributed by atoms with E-state index in [2.05, 4.69) is 10.3 Å². The number of benzene rings is 2. The third kappa shape index (κ3) is 2.63. The number of hydrogen-bond acceptors (Lipinski definition) is 3. The van der Waals surface area contributed by atoms with E-state index in [-0.39, 0.29) is 11.8 Å². The van der Waals surface area contributed by atoms with Crippen LogP contribution in [-0.2, 0) is 4.79 Å². The van der Waals surface area contributed by atoms with Crippen LogP contribution in [0.1, 0.15) is 11.5 Å². The maximum atomic E-state index is 12.6. The minimum atomic E-state index is -0.312. The summed E-state index contributed by atoms with van der Waals surface area (Å²) in [6.45, 7) is 0.353. The van der Waals surface area contributed by atoms with Crippen molar-refractivity contribution in [2.45, 2.75) is 5.92 Å². The molecule has 0 saturated carbocycles. The highest BCUT2D eigenvalue weighted by Crippen LogP contribution is 2.34. The molecule has 1 aromatic heterocycles. The summed E-state index contributed by atoms with van der Waals surface area (Å²) in [4.78, 5) is 16.6. The van der Waals surface area contributed by atoms with Crippen LogP contribution in [0.2, 0.25) is 5.02 Å². The Morgan fingerprint density at radius 1 is 1.29 bits per heavy atom. The number of carbonyl (C=O) groups is 1. The van der Waals surface area contributed by atoms with Crippen molar-refractivity contribution in [1.29, 1.82) is 0 Å². The van der Waals surface area contributed by atoms with Gasteiger partial charge in [0, 0.05) is 23.6 Å². The molecule has 0 saturated heterocycles. The van der Waals surface area contributed by atoms with Crippen LogP contribution in [0.25, 0.3) is 5.69 Å². The Morgan fingerprint density at radius 3 is 2.96 bits per heavy atom. The highest BCUT2D eigenvalue weighted by atomic mass is 35.5. The maximum Gasteiger partial charge on any atom is 0.235 e. The van der Waals surface area contributed by atoms with Crippen molar-refractivity contribution in [1.82, 2.24) is 9.55 Å². The number of imidazole rings is 1.